The van der Waals surface area contributed by atoms with Crippen LogP contribution in [0.15, 0.2) is 54.6 Å². The number of rotatable bonds is 8. The molecule has 4 aromatic rings. The number of halogens is 1. The first kappa shape index (κ1) is 23.5. The van der Waals surface area contributed by atoms with E-state index in [4.69, 9.17) is 17.3 Å². The maximum Gasteiger partial charge on any atom is 0.261 e. The summed E-state index contributed by atoms with van der Waals surface area (Å²) < 4.78 is 1.90. The van der Waals surface area contributed by atoms with Crippen molar-refractivity contribution in [3.05, 3.63) is 86.9 Å². The van der Waals surface area contributed by atoms with Crippen molar-refractivity contribution in [2.24, 2.45) is 5.73 Å². The van der Waals surface area contributed by atoms with Crippen LogP contribution in [0.2, 0.25) is 5.02 Å². The van der Waals surface area contributed by atoms with E-state index in [1.807, 2.05) is 41.9 Å². The SMILES string of the molecule is Cc1nn(Cc2ccc(Cl)cc2)c2sc(C(=O)NCc3ccc(C(=O)NCC(N)=O)cc3)cc12. The van der Waals surface area contributed by atoms with E-state index >= 15 is 0 Å². The lowest BCUT2D eigenvalue weighted by Gasteiger charge is -2.06. The first-order valence-electron chi connectivity index (χ1n) is 10.4. The van der Waals surface area contributed by atoms with Gasteiger partial charge in [0.15, 0.2) is 0 Å². The number of carbonyl (C=O) groups excluding carboxylic acids is 3. The van der Waals surface area contributed by atoms with Gasteiger partial charge in [0.25, 0.3) is 11.8 Å². The summed E-state index contributed by atoms with van der Waals surface area (Å²) >= 11 is 7.37. The van der Waals surface area contributed by atoms with Crippen LogP contribution in [0, 0.1) is 6.92 Å². The molecule has 34 heavy (non-hydrogen) atoms. The summed E-state index contributed by atoms with van der Waals surface area (Å²) in [5, 5.41) is 11.6. The molecule has 0 aliphatic rings. The zero-order chi connectivity index (χ0) is 24.2. The number of hydrogen-bond donors (Lipinski definition) is 3. The van der Waals surface area contributed by atoms with Gasteiger partial charge in [-0.15, -0.1) is 11.3 Å². The molecule has 4 rings (SSSR count). The molecule has 174 valence electrons. The topological polar surface area (TPSA) is 119 Å². The van der Waals surface area contributed by atoms with Crippen LogP contribution in [0.1, 0.15) is 36.9 Å². The highest BCUT2D eigenvalue weighted by Gasteiger charge is 2.16. The Balaban J connectivity index is 1.41. The van der Waals surface area contributed by atoms with Crippen LogP contribution >= 0.6 is 22.9 Å². The van der Waals surface area contributed by atoms with Crippen molar-refractivity contribution in [3.8, 4) is 0 Å². The lowest BCUT2D eigenvalue weighted by atomic mass is 10.1. The molecule has 3 amide bonds. The zero-order valence-electron chi connectivity index (χ0n) is 18.3. The Morgan fingerprint density at radius 1 is 1.00 bits per heavy atom. The van der Waals surface area contributed by atoms with Crippen LogP contribution in [0.3, 0.4) is 0 Å². The molecule has 0 aliphatic heterocycles. The number of fused-ring (bicyclic) bond motifs is 1. The molecule has 0 radical (unpaired) electrons. The van der Waals surface area contributed by atoms with Crippen LogP contribution in [0.5, 0.6) is 0 Å². The molecule has 0 bridgehead atoms. The van der Waals surface area contributed by atoms with E-state index in [0.29, 0.717) is 28.6 Å². The van der Waals surface area contributed by atoms with Crippen molar-refractivity contribution in [1.82, 2.24) is 20.4 Å². The van der Waals surface area contributed by atoms with Gasteiger partial charge in [0.1, 0.15) is 4.83 Å². The third-order valence-electron chi connectivity index (χ3n) is 5.17. The number of nitrogens with zero attached hydrogens (tertiary/aromatic N) is 2. The molecule has 0 atom stereocenters. The van der Waals surface area contributed by atoms with Crippen molar-refractivity contribution in [1.29, 1.82) is 0 Å². The molecule has 0 saturated carbocycles. The second-order valence-electron chi connectivity index (χ2n) is 7.73. The third kappa shape index (κ3) is 5.44. The quantitative estimate of drug-likeness (QED) is 0.347. The number of benzene rings is 2. The third-order valence-corrected chi connectivity index (χ3v) is 6.57. The Hall–Kier alpha value is -3.69. The van der Waals surface area contributed by atoms with E-state index in [-0.39, 0.29) is 18.4 Å². The predicted molar refractivity (Wildman–Crippen MR) is 132 cm³/mol. The first-order valence-corrected chi connectivity index (χ1v) is 11.6. The number of aromatic nitrogens is 2. The average molecular weight is 496 g/mol. The summed E-state index contributed by atoms with van der Waals surface area (Å²) in [6, 6.07) is 16.2. The minimum Gasteiger partial charge on any atom is -0.368 e. The fourth-order valence-electron chi connectivity index (χ4n) is 3.41. The lowest BCUT2D eigenvalue weighted by Crippen LogP contribution is -2.33. The number of nitrogens with two attached hydrogens (primary N) is 1. The second-order valence-corrected chi connectivity index (χ2v) is 9.19. The summed E-state index contributed by atoms with van der Waals surface area (Å²) in [5.74, 6) is -1.17. The molecule has 2 aromatic heterocycles. The van der Waals surface area contributed by atoms with Crippen molar-refractivity contribution in [3.63, 3.8) is 0 Å². The summed E-state index contributed by atoms with van der Waals surface area (Å²) in [4.78, 5) is 37.1. The number of hydrogen-bond acceptors (Lipinski definition) is 5. The van der Waals surface area contributed by atoms with Gasteiger partial charge >= 0.3 is 0 Å². The van der Waals surface area contributed by atoms with Crippen LogP contribution in [0.25, 0.3) is 10.2 Å². The van der Waals surface area contributed by atoms with Crippen LogP contribution in [0.4, 0.5) is 0 Å². The van der Waals surface area contributed by atoms with Crippen LogP contribution in [-0.4, -0.2) is 34.0 Å². The van der Waals surface area contributed by atoms with E-state index in [1.54, 1.807) is 24.3 Å². The summed E-state index contributed by atoms with van der Waals surface area (Å²) in [6.07, 6.45) is 0. The van der Waals surface area contributed by atoms with Crippen LogP contribution < -0.4 is 16.4 Å². The monoisotopic (exact) mass is 495 g/mol. The van der Waals surface area contributed by atoms with Gasteiger partial charge in [0.2, 0.25) is 5.91 Å². The van der Waals surface area contributed by atoms with Gasteiger partial charge in [0.05, 0.1) is 23.7 Å². The van der Waals surface area contributed by atoms with E-state index in [9.17, 15) is 14.4 Å². The highest BCUT2D eigenvalue weighted by Crippen LogP contribution is 2.29. The van der Waals surface area contributed by atoms with Crippen molar-refractivity contribution in [2.75, 3.05) is 6.54 Å². The van der Waals surface area contributed by atoms with E-state index in [0.717, 1.165) is 27.0 Å². The molecular weight excluding hydrogens is 474 g/mol. The van der Waals surface area contributed by atoms with E-state index < -0.39 is 5.91 Å². The Morgan fingerprint density at radius 3 is 2.35 bits per heavy atom. The Bertz CT molecular complexity index is 1360. The molecule has 8 nitrogen and oxygen atoms in total. The largest absolute Gasteiger partial charge is 0.368 e. The van der Waals surface area contributed by atoms with Crippen molar-refractivity contribution < 1.29 is 14.4 Å². The average Bonchev–Trinajstić information content (AvgIpc) is 3.39. The molecule has 0 saturated heterocycles. The zero-order valence-corrected chi connectivity index (χ0v) is 19.9. The molecular formula is C24H22ClN5O3S. The highest BCUT2D eigenvalue weighted by molar-refractivity contribution is 7.20. The van der Waals surface area contributed by atoms with Gasteiger partial charge in [-0.2, -0.15) is 5.10 Å². The Morgan fingerprint density at radius 2 is 1.68 bits per heavy atom. The van der Waals surface area contributed by atoms with Gasteiger partial charge in [-0.25, -0.2) is 0 Å². The van der Waals surface area contributed by atoms with Gasteiger partial charge < -0.3 is 16.4 Å². The Labute approximate surface area is 204 Å². The number of thiophene rings is 1. The first-order chi connectivity index (χ1) is 16.3. The minimum atomic E-state index is -0.609. The highest BCUT2D eigenvalue weighted by atomic mass is 35.5. The summed E-state index contributed by atoms with van der Waals surface area (Å²) in [5.41, 5.74) is 8.21. The normalized spacial score (nSPS) is 10.9. The van der Waals surface area contributed by atoms with Gasteiger partial charge in [-0.3, -0.25) is 19.1 Å². The fourth-order valence-corrected chi connectivity index (χ4v) is 4.61. The maximum atomic E-state index is 12.8. The lowest BCUT2D eigenvalue weighted by molar-refractivity contribution is -0.117. The van der Waals surface area contributed by atoms with E-state index in [2.05, 4.69) is 15.7 Å². The number of amides is 3. The number of aryl methyl sites for hydroxylation is 1. The van der Waals surface area contributed by atoms with Crippen molar-refractivity contribution in [2.45, 2.75) is 20.0 Å². The van der Waals surface area contributed by atoms with Crippen molar-refractivity contribution >= 4 is 50.9 Å². The summed E-state index contributed by atoms with van der Waals surface area (Å²) in [6.45, 7) is 2.60. The minimum absolute atomic E-state index is 0.179. The second kappa shape index (κ2) is 10.1. The molecule has 0 spiro atoms. The smallest absolute Gasteiger partial charge is 0.261 e. The molecule has 0 unspecified atom stereocenters. The number of carbonyl (C=O) groups is 3. The Kier molecular flexibility index (Phi) is 6.95. The van der Waals surface area contributed by atoms with Gasteiger partial charge in [-0.1, -0.05) is 35.9 Å². The fraction of sp³-hybridized carbons (Fsp3) is 0.167. The molecule has 2 heterocycles. The molecule has 2 aromatic carbocycles. The number of primary amides is 1. The van der Waals surface area contributed by atoms with Gasteiger partial charge in [0, 0.05) is 22.5 Å². The number of nitrogens with one attached hydrogen (secondary N) is 2. The van der Waals surface area contributed by atoms with E-state index in [1.165, 1.54) is 11.3 Å². The molecule has 4 N–H and O–H groups in total. The standard InChI is InChI=1S/C24H22ClN5O3S/c1-14-19-10-20(34-24(19)30(29-14)13-16-4-8-18(25)9-5-16)23(33)27-11-15-2-6-17(7-3-15)22(32)28-12-21(26)31/h2-10H,11-13H2,1H3,(H2,26,31)(H,27,33)(H,28,32). The summed E-state index contributed by atoms with van der Waals surface area (Å²) in [7, 11) is 0. The van der Waals surface area contributed by atoms with Crippen LogP contribution in [-0.2, 0) is 17.9 Å². The van der Waals surface area contributed by atoms with Gasteiger partial charge in [-0.05, 0) is 48.4 Å². The molecule has 0 aliphatic carbocycles. The molecule has 10 heteroatoms. The predicted octanol–water partition coefficient (Wildman–Crippen LogP) is 3.25. The molecule has 0 fully saturated rings. The maximum absolute atomic E-state index is 12.8.